The summed E-state index contributed by atoms with van der Waals surface area (Å²) in [6, 6.07) is 9.73. The maximum Gasteiger partial charge on any atom is 0.217 e. The summed E-state index contributed by atoms with van der Waals surface area (Å²) in [7, 11) is 0. The van der Waals surface area contributed by atoms with E-state index in [1.54, 1.807) is 23.0 Å². The second kappa shape index (κ2) is 4.73. The Balaban J connectivity index is 2.69. The highest BCUT2D eigenvalue weighted by atomic mass is 32.2. The summed E-state index contributed by atoms with van der Waals surface area (Å²) in [6.07, 6.45) is 5.14. The molecule has 17 heavy (non-hydrogen) atoms. The smallest absolute Gasteiger partial charge is 0.217 e. The Bertz CT molecular complexity index is 631. The summed E-state index contributed by atoms with van der Waals surface area (Å²) < 4.78 is 1.62. The van der Waals surface area contributed by atoms with E-state index in [9.17, 15) is 5.26 Å². The second-order valence-corrected chi connectivity index (χ2v) is 4.05. The van der Waals surface area contributed by atoms with Crippen LogP contribution in [0.25, 0.3) is 5.69 Å². The van der Waals surface area contributed by atoms with Gasteiger partial charge in [-0.05, 0) is 18.4 Å². The van der Waals surface area contributed by atoms with E-state index in [1.165, 1.54) is 11.8 Å². The fourth-order valence-electron chi connectivity index (χ4n) is 1.58. The molecule has 0 amide bonds. The molecule has 5 heteroatoms. The summed E-state index contributed by atoms with van der Waals surface area (Å²) in [5.74, 6) is 0.278. The van der Waals surface area contributed by atoms with Gasteiger partial charge in [0, 0.05) is 17.3 Å². The minimum absolute atomic E-state index is 0.278. The first-order valence-corrected chi connectivity index (χ1v) is 6.05. The lowest BCUT2D eigenvalue weighted by Crippen LogP contribution is -2.00. The molecule has 0 radical (unpaired) electrons. The number of benzene rings is 1. The molecule has 0 spiro atoms. The van der Waals surface area contributed by atoms with E-state index in [1.807, 2.05) is 24.5 Å². The van der Waals surface area contributed by atoms with Crippen molar-refractivity contribution in [2.75, 3.05) is 6.26 Å². The van der Waals surface area contributed by atoms with Crippen LogP contribution in [0.5, 0.6) is 0 Å². The third-order valence-corrected chi connectivity index (χ3v) is 3.12. The monoisotopic (exact) mass is 240 g/mol. The summed E-state index contributed by atoms with van der Waals surface area (Å²) in [5.41, 5.74) is 1.25. The van der Waals surface area contributed by atoms with Crippen molar-refractivity contribution in [3.8, 4) is 17.8 Å². The highest BCUT2D eigenvalue weighted by molar-refractivity contribution is 7.98. The lowest BCUT2D eigenvalue weighted by atomic mass is 10.2. The molecule has 0 atom stereocenters. The van der Waals surface area contributed by atoms with Gasteiger partial charge in [-0.3, -0.25) is 4.57 Å². The number of aromatic nitrogens is 2. The number of rotatable bonds is 2. The van der Waals surface area contributed by atoms with Gasteiger partial charge in [0.25, 0.3) is 0 Å². The van der Waals surface area contributed by atoms with E-state index in [4.69, 9.17) is 5.26 Å². The van der Waals surface area contributed by atoms with Gasteiger partial charge in [-0.1, -0.05) is 6.07 Å². The number of hydrogen-bond donors (Lipinski definition) is 0. The summed E-state index contributed by atoms with van der Waals surface area (Å²) in [5, 5.41) is 18.2. The van der Waals surface area contributed by atoms with Crippen LogP contribution in [-0.2, 0) is 0 Å². The van der Waals surface area contributed by atoms with Crippen LogP contribution < -0.4 is 0 Å². The van der Waals surface area contributed by atoms with Crippen LogP contribution in [0.2, 0.25) is 0 Å². The van der Waals surface area contributed by atoms with Crippen LogP contribution in [0.4, 0.5) is 0 Å². The molecule has 0 unspecified atom stereocenters. The normalized spacial score (nSPS) is 9.59. The average molecular weight is 240 g/mol. The molecule has 1 aromatic heterocycles. The van der Waals surface area contributed by atoms with E-state index in [0.29, 0.717) is 11.3 Å². The number of hydrogen-bond acceptors (Lipinski definition) is 4. The van der Waals surface area contributed by atoms with Gasteiger partial charge < -0.3 is 0 Å². The third-order valence-electron chi connectivity index (χ3n) is 2.34. The average Bonchev–Trinajstić information content (AvgIpc) is 2.85. The Morgan fingerprint density at radius 1 is 1.29 bits per heavy atom. The standard InChI is InChI=1S/C12H8N4S/c1-17-11-4-2-3-10(9(11)7-13)16-6-5-15-12(16)8-14/h2-6H,1H3. The first-order chi connectivity index (χ1) is 8.31. The molecule has 2 aromatic rings. The van der Waals surface area contributed by atoms with Crippen LogP contribution in [0, 0.1) is 22.7 Å². The van der Waals surface area contributed by atoms with Crippen LogP contribution in [0.15, 0.2) is 35.5 Å². The van der Waals surface area contributed by atoms with Crippen LogP contribution >= 0.6 is 11.8 Å². The summed E-state index contributed by atoms with van der Waals surface area (Å²) >= 11 is 1.51. The van der Waals surface area contributed by atoms with Gasteiger partial charge in [0.1, 0.15) is 12.1 Å². The Kier molecular flexibility index (Phi) is 3.13. The van der Waals surface area contributed by atoms with E-state index < -0.39 is 0 Å². The zero-order chi connectivity index (χ0) is 12.3. The molecule has 0 aliphatic rings. The van der Waals surface area contributed by atoms with Gasteiger partial charge in [0.15, 0.2) is 0 Å². The van der Waals surface area contributed by atoms with E-state index in [0.717, 1.165) is 4.90 Å². The van der Waals surface area contributed by atoms with Gasteiger partial charge in [-0.2, -0.15) is 10.5 Å². The minimum atomic E-state index is 0.278. The molecule has 0 N–H and O–H groups in total. The van der Waals surface area contributed by atoms with Crippen molar-refractivity contribution in [3.05, 3.63) is 42.0 Å². The molecule has 0 saturated carbocycles. The zero-order valence-corrected chi connectivity index (χ0v) is 9.90. The number of nitriles is 2. The van der Waals surface area contributed by atoms with Crippen LogP contribution in [0.3, 0.4) is 0 Å². The van der Waals surface area contributed by atoms with Gasteiger partial charge in [0.2, 0.25) is 5.82 Å². The highest BCUT2D eigenvalue weighted by Gasteiger charge is 2.11. The fourth-order valence-corrected chi connectivity index (χ4v) is 2.15. The van der Waals surface area contributed by atoms with Crippen molar-refractivity contribution < 1.29 is 0 Å². The molecule has 0 bridgehead atoms. The van der Waals surface area contributed by atoms with E-state index >= 15 is 0 Å². The van der Waals surface area contributed by atoms with Gasteiger partial charge in [0.05, 0.1) is 11.3 Å². The minimum Gasteiger partial charge on any atom is -0.290 e. The van der Waals surface area contributed by atoms with Crippen molar-refractivity contribution in [2.45, 2.75) is 4.90 Å². The maximum atomic E-state index is 9.21. The summed E-state index contributed by atoms with van der Waals surface area (Å²) in [6.45, 7) is 0. The van der Waals surface area contributed by atoms with Crippen molar-refractivity contribution in [2.24, 2.45) is 0 Å². The molecule has 0 aliphatic heterocycles. The Labute approximate surface area is 103 Å². The molecule has 0 fully saturated rings. The van der Waals surface area contributed by atoms with Gasteiger partial charge in [-0.25, -0.2) is 4.98 Å². The first kappa shape index (κ1) is 11.3. The predicted molar refractivity (Wildman–Crippen MR) is 64.8 cm³/mol. The first-order valence-electron chi connectivity index (χ1n) is 4.82. The number of thioether (sulfide) groups is 1. The number of nitrogens with zero attached hydrogens (tertiary/aromatic N) is 4. The molecule has 82 valence electrons. The zero-order valence-electron chi connectivity index (χ0n) is 9.08. The third kappa shape index (κ3) is 1.89. The highest BCUT2D eigenvalue weighted by Crippen LogP contribution is 2.25. The second-order valence-electron chi connectivity index (χ2n) is 3.20. The van der Waals surface area contributed by atoms with Gasteiger partial charge >= 0.3 is 0 Å². The number of imidazole rings is 1. The molecule has 2 rings (SSSR count). The molecule has 4 nitrogen and oxygen atoms in total. The quantitative estimate of drug-likeness (QED) is 0.756. The largest absolute Gasteiger partial charge is 0.290 e. The maximum absolute atomic E-state index is 9.21. The van der Waals surface area contributed by atoms with Crippen LogP contribution in [-0.4, -0.2) is 15.8 Å². The molecule has 0 saturated heterocycles. The molecule has 0 aliphatic carbocycles. The molecule has 1 aromatic carbocycles. The molecular weight excluding hydrogens is 232 g/mol. The fraction of sp³-hybridized carbons (Fsp3) is 0.0833. The van der Waals surface area contributed by atoms with Crippen molar-refractivity contribution >= 4 is 11.8 Å². The Morgan fingerprint density at radius 3 is 2.76 bits per heavy atom. The molecular formula is C12H8N4S. The summed E-state index contributed by atoms with van der Waals surface area (Å²) in [4.78, 5) is 4.82. The topological polar surface area (TPSA) is 65.4 Å². The Hall–Kier alpha value is -2.24. The van der Waals surface area contributed by atoms with Crippen molar-refractivity contribution in [1.82, 2.24) is 9.55 Å². The lowest BCUT2D eigenvalue weighted by molar-refractivity contribution is 1.01. The van der Waals surface area contributed by atoms with Crippen LogP contribution in [0.1, 0.15) is 11.4 Å². The van der Waals surface area contributed by atoms with Gasteiger partial charge in [-0.15, -0.1) is 11.8 Å². The predicted octanol–water partition coefficient (Wildman–Crippen LogP) is 2.34. The van der Waals surface area contributed by atoms with Crippen molar-refractivity contribution in [1.29, 1.82) is 10.5 Å². The van der Waals surface area contributed by atoms with E-state index in [-0.39, 0.29) is 5.82 Å². The SMILES string of the molecule is CSc1cccc(-n2ccnc2C#N)c1C#N. The van der Waals surface area contributed by atoms with Crippen molar-refractivity contribution in [3.63, 3.8) is 0 Å². The molecule has 1 heterocycles. The van der Waals surface area contributed by atoms with E-state index in [2.05, 4.69) is 11.1 Å². The Morgan fingerprint density at radius 2 is 2.12 bits per heavy atom. The lowest BCUT2D eigenvalue weighted by Gasteiger charge is -2.08.